The first-order valence-electron chi connectivity index (χ1n) is 9.56. The molecule has 0 bridgehead atoms. The summed E-state index contributed by atoms with van der Waals surface area (Å²) in [6, 6.07) is 8.35. The number of guanidine groups is 1. The van der Waals surface area contributed by atoms with Gasteiger partial charge in [0, 0.05) is 17.5 Å². The van der Waals surface area contributed by atoms with Gasteiger partial charge in [-0.25, -0.2) is 0 Å². The number of fused-ring (bicyclic) bond motifs is 1. The summed E-state index contributed by atoms with van der Waals surface area (Å²) >= 11 is 0. The molecule has 5 heteroatoms. The highest BCUT2D eigenvalue weighted by Crippen LogP contribution is 2.32. The van der Waals surface area contributed by atoms with E-state index >= 15 is 0 Å². The molecule has 3 N–H and O–H groups in total. The van der Waals surface area contributed by atoms with Crippen LogP contribution in [0.5, 0.6) is 5.75 Å². The van der Waals surface area contributed by atoms with Gasteiger partial charge in [-0.2, -0.15) is 0 Å². The van der Waals surface area contributed by atoms with Gasteiger partial charge in [0.25, 0.3) is 0 Å². The number of benzene rings is 1. The van der Waals surface area contributed by atoms with Crippen LogP contribution in [0, 0.1) is 0 Å². The van der Waals surface area contributed by atoms with E-state index in [1.807, 2.05) is 18.2 Å². The van der Waals surface area contributed by atoms with Gasteiger partial charge in [0.2, 0.25) is 0 Å². The molecule has 1 aromatic rings. The summed E-state index contributed by atoms with van der Waals surface area (Å²) in [6.07, 6.45) is 8.57. The van der Waals surface area contributed by atoms with Crippen LogP contribution in [-0.4, -0.2) is 43.6 Å². The second-order valence-electron chi connectivity index (χ2n) is 7.61. The summed E-state index contributed by atoms with van der Waals surface area (Å²) in [5.41, 5.74) is 7.58. The third-order valence-electron chi connectivity index (χ3n) is 5.81. The molecule has 0 aromatic heterocycles. The Hall–Kier alpha value is -1.75. The predicted octanol–water partition coefficient (Wildman–Crippen LogP) is 3.07. The highest BCUT2D eigenvalue weighted by Gasteiger charge is 2.33. The Bertz CT molecular complexity index is 591. The van der Waals surface area contributed by atoms with Crippen LogP contribution in [0.4, 0.5) is 0 Å². The van der Waals surface area contributed by atoms with Crippen molar-refractivity contribution in [3.05, 3.63) is 29.8 Å². The zero-order valence-corrected chi connectivity index (χ0v) is 15.6. The molecule has 1 heterocycles. The van der Waals surface area contributed by atoms with Gasteiger partial charge in [-0.15, -0.1) is 0 Å². The van der Waals surface area contributed by atoms with Crippen molar-refractivity contribution in [2.45, 2.75) is 56.5 Å². The van der Waals surface area contributed by atoms with Gasteiger partial charge in [-0.3, -0.25) is 4.99 Å². The highest BCUT2D eigenvalue weighted by atomic mass is 16.5. The summed E-state index contributed by atoms with van der Waals surface area (Å²) < 4.78 is 5.72. The van der Waals surface area contributed by atoms with Gasteiger partial charge >= 0.3 is 0 Å². The molecular weight excluding hydrogens is 312 g/mol. The van der Waals surface area contributed by atoms with E-state index in [2.05, 4.69) is 30.4 Å². The predicted molar refractivity (Wildman–Crippen MR) is 103 cm³/mol. The fourth-order valence-corrected chi connectivity index (χ4v) is 4.08. The van der Waals surface area contributed by atoms with Crippen LogP contribution < -0.4 is 15.8 Å². The number of hydrogen-bond donors (Lipinski definition) is 2. The van der Waals surface area contributed by atoms with E-state index in [1.54, 1.807) is 0 Å². The van der Waals surface area contributed by atoms with Crippen LogP contribution in [0.1, 0.15) is 56.6 Å². The molecule has 1 aliphatic carbocycles. The van der Waals surface area contributed by atoms with E-state index in [0.29, 0.717) is 12.6 Å². The van der Waals surface area contributed by atoms with Crippen molar-refractivity contribution >= 4 is 5.96 Å². The van der Waals surface area contributed by atoms with E-state index in [4.69, 9.17) is 15.5 Å². The number of nitrogens with one attached hydrogen (secondary N) is 1. The smallest absolute Gasteiger partial charge is 0.189 e. The second kappa shape index (κ2) is 8.09. The molecule has 2 aliphatic rings. The number of nitrogens with two attached hydrogens (primary N) is 1. The van der Waals surface area contributed by atoms with Crippen LogP contribution in [0.2, 0.25) is 0 Å². The largest absolute Gasteiger partial charge is 0.493 e. The molecule has 138 valence electrons. The summed E-state index contributed by atoms with van der Waals surface area (Å²) in [6.45, 7) is 1.48. The van der Waals surface area contributed by atoms with E-state index in [-0.39, 0.29) is 11.6 Å². The van der Waals surface area contributed by atoms with Crippen LogP contribution in [-0.2, 0) is 0 Å². The molecule has 1 saturated carbocycles. The van der Waals surface area contributed by atoms with E-state index in [1.165, 1.54) is 44.1 Å². The average Bonchev–Trinajstić information content (AvgIpc) is 2.87. The molecule has 1 aliphatic heterocycles. The quantitative estimate of drug-likeness (QED) is 0.501. The third-order valence-corrected chi connectivity index (χ3v) is 5.81. The summed E-state index contributed by atoms with van der Waals surface area (Å²) in [5, 5.41) is 3.42. The first-order chi connectivity index (χ1) is 12.1. The second-order valence-corrected chi connectivity index (χ2v) is 7.61. The minimum atomic E-state index is 0.149. The highest BCUT2D eigenvalue weighted by molar-refractivity contribution is 5.78. The van der Waals surface area contributed by atoms with Crippen molar-refractivity contribution in [2.24, 2.45) is 10.7 Å². The monoisotopic (exact) mass is 344 g/mol. The maximum Gasteiger partial charge on any atom is 0.189 e. The lowest BCUT2D eigenvalue weighted by Crippen LogP contribution is -2.48. The number of nitrogens with zero attached hydrogens (tertiary/aromatic N) is 2. The number of rotatable bonds is 4. The van der Waals surface area contributed by atoms with Gasteiger partial charge in [0.05, 0.1) is 19.2 Å². The lowest BCUT2D eigenvalue weighted by atomic mass is 9.89. The number of hydrogen-bond acceptors (Lipinski definition) is 3. The van der Waals surface area contributed by atoms with Crippen molar-refractivity contribution in [1.82, 2.24) is 10.2 Å². The topological polar surface area (TPSA) is 62.9 Å². The number of aliphatic imine (C=N–C) groups is 1. The van der Waals surface area contributed by atoms with Crippen molar-refractivity contribution in [2.75, 3.05) is 27.2 Å². The molecule has 1 aromatic carbocycles. The zero-order valence-electron chi connectivity index (χ0n) is 15.6. The first-order valence-corrected chi connectivity index (χ1v) is 9.56. The molecule has 0 spiro atoms. The fraction of sp³-hybridized carbons (Fsp3) is 0.650. The van der Waals surface area contributed by atoms with E-state index < -0.39 is 0 Å². The fourth-order valence-electron chi connectivity index (χ4n) is 4.08. The molecule has 1 fully saturated rings. The van der Waals surface area contributed by atoms with Crippen molar-refractivity contribution in [3.8, 4) is 5.75 Å². The SMILES string of the molecule is CN(C)C1(CN=C(N)NC2CCOc3ccccc32)CCCCCC1. The molecule has 1 atom stereocenters. The molecule has 0 radical (unpaired) electrons. The standard InChI is InChI=1S/C20H32N4O/c1-24(2)20(12-7-3-4-8-13-20)15-22-19(21)23-17-11-14-25-18-10-6-5-9-16(17)18/h5-6,9-10,17H,3-4,7-8,11-15H2,1-2H3,(H3,21,22,23). The van der Waals surface area contributed by atoms with Crippen molar-refractivity contribution in [1.29, 1.82) is 0 Å². The van der Waals surface area contributed by atoms with E-state index in [9.17, 15) is 0 Å². The van der Waals surface area contributed by atoms with E-state index in [0.717, 1.165) is 18.7 Å². The molecule has 5 nitrogen and oxygen atoms in total. The summed E-state index contributed by atoms with van der Waals surface area (Å²) in [5.74, 6) is 1.50. The van der Waals surface area contributed by atoms with Crippen molar-refractivity contribution in [3.63, 3.8) is 0 Å². The number of likely N-dealkylation sites (N-methyl/N-ethyl adjacent to an activating group) is 1. The zero-order chi connectivity index (χ0) is 17.7. The van der Waals surface area contributed by atoms with Crippen molar-refractivity contribution < 1.29 is 4.74 Å². The van der Waals surface area contributed by atoms with Gasteiger partial charge in [-0.1, -0.05) is 43.9 Å². The van der Waals surface area contributed by atoms with Gasteiger partial charge in [-0.05, 0) is 33.0 Å². The van der Waals surface area contributed by atoms with Crippen LogP contribution in [0.3, 0.4) is 0 Å². The minimum absolute atomic E-state index is 0.149. The lowest BCUT2D eigenvalue weighted by molar-refractivity contribution is 0.138. The minimum Gasteiger partial charge on any atom is -0.493 e. The molecule has 0 amide bonds. The Morgan fingerprint density at radius 3 is 2.68 bits per heavy atom. The van der Waals surface area contributed by atoms with Crippen LogP contribution in [0.15, 0.2) is 29.3 Å². The van der Waals surface area contributed by atoms with Gasteiger partial charge in [0.1, 0.15) is 5.75 Å². The Balaban J connectivity index is 1.67. The van der Waals surface area contributed by atoms with Crippen LogP contribution >= 0.6 is 0 Å². The number of para-hydroxylation sites is 1. The average molecular weight is 345 g/mol. The number of ether oxygens (including phenoxy) is 1. The van der Waals surface area contributed by atoms with Gasteiger partial charge < -0.3 is 20.7 Å². The maximum absolute atomic E-state index is 6.26. The maximum atomic E-state index is 6.26. The molecule has 25 heavy (non-hydrogen) atoms. The Kier molecular flexibility index (Phi) is 5.84. The molecule has 1 unspecified atom stereocenters. The molecular formula is C20H32N4O. The van der Waals surface area contributed by atoms with Gasteiger partial charge in [0.15, 0.2) is 5.96 Å². The summed E-state index contributed by atoms with van der Waals surface area (Å²) in [4.78, 5) is 7.11. The molecule has 3 rings (SSSR count). The summed E-state index contributed by atoms with van der Waals surface area (Å²) in [7, 11) is 4.36. The first kappa shape index (κ1) is 18.1. The Labute approximate surface area is 151 Å². The van der Waals surface area contributed by atoms with Crippen LogP contribution in [0.25, 0.3) is 0 Å². The Morgan fingerprint density at radius 2 is 1.96 bits per heavy atom. The normalized spacial score (nSPS) is 23.5. The third kappa shape index (κ3) is 4.27. The lowest BCUT2D eigenvalue weighted by Gasteiger charge is -2.38. The molecule has 0 saturated heterocycles. The Morgan fingerprint density at radius 1 is 1.24 bits per heavy atom.